The Morgan fingerprint density at radius 3 is 2.62 bits per heavy atom. The second kappa shape index (κ2) is 8.27. The van der Waals surface area contributed by atoms with E-state index >= 15 is 0 Å². The van der Waals surface area contributed by atoms with Crippen LogP contribution in [0.5, 0.6) is 11.5 Å². The number of imide groups is 2. The molecule has 1 fully saturated rings. The van der Waals surface area contributed by atoms with Crippen LogP contribution in [0, 0.1) is 18.2 Å². The van der Waals surface area contributed by atoms with Gasteiger partial charge in [0.2, 0.25) is 0 Å². The maximum Gasteiger partial charge on any atom is 0.336 e. The van der Waals surface area contributed by atoms with E-state index in [0.717, 1.165) is 6.07 Å². The number of hydrogen-bond donors (Lipinski definition) is 1. The fourth-order valence-electron chi connectivity index (χ4n) is 2.69. The van der Waals surface area contributed by atoms with E-state index < -0.39 is 23.7 Å². The van der Waals surface area contributed by atoms with Crippen LogP contribution in [0.2, 0.25) is 0 Å². The van der Waals surface area contributed by atoms with Crippen molar-refractivity contribution in [1.29, 1.82) is 0 Å². The summed E-state index contributed by atoms with van der Waals surface area (Å²) in [5.74, 6) is 0.436. The number of hydrogen-bond acceptors (Lipinski definition) is 5. The molecular weight excluding hydrogens is 379 g/mol. The molecule has 0 radical (unpaired) electrons. The molecule has 1 N–H and O–H groups in total. The number of nitrogens with zero attached hydrogens (tertiary/aromatic N) is 1. The molecule has 0 aromatic heterocycles. The molecule has 1 heterocycles. The first-order valence-electron chi connectivity index (χ1n) is 8.36. The number of nitrogens with one attached hydrogen (secondary N) is 1. The summed E-state index contributed by atoms with van der Waals surface area (Å²) in [6, 6.07) is 8.90. The van der Waals surface area contributed by atoms with Gasteiger partial charge >= 0.3 is 6.03 Å². The summed E-state index contributed by atoms with van der Waals surface area (Å²) in [6.07, 6.45) is 6.44. The molecule has 0 unspecified atom stereocenters. The number of amides is 4. The molecule has 146 valence electrons. The Morgan fingerprint density at radius 1 is 1.17 bits per heavy atom. The summed E-state index contributed by atoms with van der Waals surface area (Å²) in [7, 11) is 1.42. The van der Waals surface area contributed by atoms with Gasteiger partial charge in [-0.2, -0.15) is 0 Å². The van der Waals surface area contributed by atoms with E-state index in [4.69, 9.17) is 15.9 Å². The van der Waals surface area contributed by atoms with Gasteiger partial charge in [0.25, 0.3) is 11.8 Å². The smallest absolute Gasteiger partial charge is 0.336 e. The van der Waals surface area contributed by atoms with Crippen molar-refractivity contribution in [2.45, 2.75) is 0 Å². The molecule has 2 aromatic rings. The molecule has 0 saturated carbocycles. The fourth-order valence-corrected chi connectivity index (χ4v) is 2.69. The normalized spacial score (nSPS) is 15.1. The van der Waals surface area contributed by atoms with Crippen LogP contribution in [0.3, 0.4) is 0 Å². The van der Waals surface area contributed by atoms with Crippen LogP contribution in [0.15, 0.2) is 48.0 Å². The van der Waals surface area contributed by atoms with Crippen molar-refractivity contribution in [2.75, 3.05) is 18.6 Å². The van der Waals surface area contributed by atoms with Gasteiger partial charge in [-0.15, -0.1) is 6.42 Å². The lowest BCUT2D eigenvalue weighted by Crippen LogP contribution is -2.54. The number of terminal acetylenes is 1. The van der Waals surface area contributed by atoms with E-state index in [2.05, 4.69) is 5.92 Å². The number of barbiturate groups is 1. The monoisotopic (exact) mass is 394 g/mol. The van der Waals surface area contributed by atoms with Gasteiger partial charge in [0, 0.05) is 0 Å². The standard InChI is InChI=1S/C21H15FN2O5/c1-3-10-29-17-9-8-13(12-18(17)28-2)11-14-19(25)23-21(27)24(20(14)26)16-7-5-4-6-15(16)22/h1,4-9,11-12H,10H2,2H3,(H,23,25,27)/b14-11-. The van der Waals surface area contributed by atoms with Crippen LogP contribution in [-0.4, -0.2) is 31.6 Å². The van der Waals surface area contributed by atoms with E-state index in [9.17, 15) is 18.8 Å². The molecule has 1 aliphatic heterocycles. The van der Waals surface area contributed by atoms with E-state index in [1.54, 1.807) is 12.1 Å². The van der Waals surface area contributed by atoms with Crippen molar-refractivity contribution in [1.82, 2.24) is 5.32 Å². The van der Waals surface area contributed by atoms with Crippen LogP contribution in [-0.2, 0) is 9.59 Å². The second-order valence-corrected chi connectivity index (χ2v) is 5.81. The van der Waals surface area contributed by atoms with Crippen LogP contribution in [0.4, 0.5) is 14.9 Å². The Morgan fingerprint density at radius 2 is 1.93 bits per heavy atom. The molecule has 7 nitrogen and oxygen atoms in total. The lowest BCUT2D eigenvalue weighted by molar-refractivity contribution is -0.122. The molecule has 3 rings (SSSR count). The SMILES string of the molecule is C#CCOc1ccc(/C=C2/C(=O)NC(=O)N(c3ccccc3F)C2=O)cc1OC. The molecule has 0 aliphatic carbocycles. The summed E-state index contributed by atoms with van der Waals surface area (Å²) in [6.45, 7) is 0.0391. The first-order chi connectivity index (χ1) is 14.0. The Bertz CT molecular complexity index is 1070. The summed E-state index contributed by atoms with van der Waals surface area (Å²) >= 11 is 0. The van der Waals surface area contributed by atoms with Gasteiger partial charge in [0.15, 0.2) is 11.5 Å². The maximum atomic E-state index is 14.1. The molecule has 1 saturated heterocycles. The number of rotatable bonds is 5. The number of anilines is 1. The van der Waals surface area contributed by atoms with Crippen molar-refractivity contribution in [3.05, 3.63) is 59.4 Å². The van der Waals surface area contributed by atoms with Crippen molar-refractivity contribution in [3.8, 4) is 23.8 Å². The maximum absolute atomic E-state index is 14.1. The first-order valence-corrected chi connectivity index (χ1v) is 8.36. The first kappa shape index (κ1) is 19.6. The van der Waals surface area contributed by atoms with Crippen molar-refractivity contribution < 1.29 is 28.2 Å². The number of urea groups is 1. The molecule has 2 aromatic carbocycles. The van der Waals surface area contributed by atoms with Gasteiger partial charge in [0.1, 0.15) is 18.0 Å². The molecule has 29 heavy (non-hydrogen) atoms. The molecule has 8 heteroatoms. The Labute approximate surface area is 165 Å². The molecular formula is C21H15FN2O5. The van der Waals surface area contributed by atoms with Gasteiger partial charge in [-0.1, -0.05) is 24.1 Å². The zero-order valence-corrected chi connectivity index (χ0v) is 15.3. The molecule has 0 atom stereocenters. The van der Waals surface area contributed by atoms with Crippen LogP contribution in [0.1, 0.15) is 5.56 Å². The average molecular weight is 394 g/mol. The fraction of sp³-hybridized carbons (Fsp3) is 0.0952. The number of ether oxygens (including phenoxy) is 2. The number of methoxy groups -OCH3 is 1. The number of para-hydroxylation sites is 1. The van der Waals surface area contributed by atoms with Crippen LogP contribution < -0.4 is 19.7 Å². The Kier molecular flexibility index (Phi) is 5.60. The van der Waals surface area contributed by atoms with Crippen LogP contribution >= 0.6 is 0 Å². The highest BCUT2D eigenvalue weighted by atomic mass is 19.1. The quantitative estimate of drug-likeness (QED) is 0.479. The predicted octanol–water partition coefficient (Wildman–Crippen LogP) is 2.51. The van der Waals surface area contributed by atoms with Crippen molar-refractivity contribution >= 4 is 29.6 Å². The highest BCUT2D eigenvalue weighted by Gasteiger charge is 2.37. The Hall–Kier alpha value is -4.12. The van der Waals surface area contributed by atoms with E-state index in [-0.39, 0.29) is 17.9 Å². The highest BCUT2D eigenvalue weighted by molar-refractivity contribution is 6.39. The number of benzene rings is 2. The van der Waals surface area contributed by atoms with E-state index in [0.29, 0.717) is 22.0 Å². The van der Waals surface area contributed by atoms with E-state index in [1.165, 1.54) is 37.5 Å². The third-order valence-electron chi connectivity index (χ3n) is 4.00. The summed E-state index contributed by atoms with van der Waals surface area (Å²) < 4.78 is 24.7. The zero-order chi connectivity index (χ0) is 21.0. The van der Waals surface area contributed by atoms with E-state index in [1.807, 2.05) is 5.32 Å². The minimum atomic E-state index is -1.03. The lowest BCUT2D eigenvalue weighted by atomic mass is 10.1. The lowest BCUT2D eigenvalue weighted by Gasteiger charge is -2.26. The second-order valence-electron chi connectivity index (χ2n) is 5.81. The third kappa shape index (κ3) is 3.94. The summed E-state index contributed by atoms with van der Waals surface area (Å²) in [5.41, 5.74) is -0.174. The average Bonchev–Trinajstić information content (AvgIpc) is 2.71. The van der Waals surface area contributed by atoms with Crippen molar-refractivity contribution in [2.24, 2.45) is 0 Å². The Balaban J connectivity index is 1.99. The largest absolute Gasteiger partial charge is 0.493 e. The van der Waals surface area contributed by atoms with Gasteiger partial charge in [-0.05, 0) is 35.9 Å². The minimum absolute atomic E-state index is 0.0391. The number of halogens is 1. The van der Waals surface area contributed by atoms with Gasteiger partial charge in [-0.25, -0.2) is 14.1 Å². The third-order valence-corrected chi connectivity index (χ3v) is 4.00. The van der Waals surface area contributed by atoms with Crippen molar-refractivity contribution in [3.63, 3.8) is 0 Å². The predicted molar refractivity (Wildman–Crippen MR) is 103 cm³/mol. The highest BCUT2D eigenvalue weighted by Crippen LogP contribution is 2.30. The van der Waals surface area contributed by atoms with Gasteiger partial charge < -0.3 is 9.47 Å². The zero-order valence-electron chi connectivity index (χ0n) is 15.3. The summed E-state index contributed by atoms with van der Waals surface area (Å²) in [4.78, 5) is 37.7. The molecule has 0 bridgehead atoms. The summed E-state index contributed by atoms with van der Waals surface area (Å²) in [5, 5.41) is 2.04. The topological polar surface area (TPSA) is 84.9 Å². The minimum Gasteiger partial charge on any atom is -0.493 e. The number of carbonyl (C=O) groups excluding carboxylic acids is 3. The molecule has 4 amide bonds. The molecule has 1 aliphatic rings. The molecule has 0 spiro atoms. The number of carbonyl (C=O) groups is 3. The van der Waals surface area contributed by atoms with Crippen LogP contribution in [0.25, 0.3) is 6.08 Å². The van der Waals surface area contributed by atoms with Gasteiger partial charge in [0.05, 0.1) is 12.8 Å². The van der Waals surface area contributed by atoms with Gasteiger partial charge in [-0.3, -0.25) is 14.9 Å².